The van der Waals surface area contributed by atoms with Gasteiger partial charge >= 0.3 is 6.03 Å². The number of thiazole rings is 1. The van der Waals surface area contributed by atoms with E-state index in [0.717, 1.165) is 62.1 Å². The van der Waals surface area contributed by atoms with Gasteiger partial charge in [-0.1, -0.05) is 43.4 Å². The molecule has 3 aromatic carbocycles. The molecule has 0 atom stereocenters. The lowest BCUT2D eigenvalue weighted by Crippen LogP contribution is -2.37. The SMILES string of the molecule is CCC(CC)NC(=O)Nc1ccc(Oc2cnc(NC(=O)c3ccc(-n4cc(CN5CCC(O)CC5)c5ccccc54)cc3)s2)c(C)c1. The van der Waals surface area contributed by atoms with Gasteiger partial charge in [0.2, 0.25) is 5.06 Å². The number of aryl methyl sites for hydroxylation is 1. The van der Waals surface area contributed by atoms with E-state index in [4.69, 9.17) is 4.74 Å². The van der Waals surface area contributed by atoms with E-state index in [1.165, 1.54) is 22.3 Å². The van der Waals surface area contributed by atoms with E-state index in [1.807, 2.05) is 57.2 Å². The molecule has 3 amide bonds. The fourth-order valence-electron chi connectivity index (χ4n) is 6.01. The van der Waals surface area contributed by atoms with E-state index in [2.05, 4.69) is 54.8 Å². The van der Waals surface area contributed by atoms with Crippen molar-refractivity contribution in [2.75, 3.05) is 23.7 Å². The Labute approximate surface area is 284 Å². The van der Waals surface area contributed by atoms with Gasteiger partial charge in [-0.2, -0.15) is 0 Å². The molecule has 0 radical (unpaired) electrons. The number of nitrogens with one attached hydrogen (secondary N) is 3. The fraction of sp³-hybridized carbons (Fsp3) is 0.324. The van der Waals surface area contributed by atoms with E-state index < -0.39 is 0 Å². The molecule has 0 spiro atoms. The first-order chi connectivity index (χ1) is 23.3. The highest BCUT2D eigenvalue weighted by atomic mass is 32.1. The minimum Gasteiger partial charge on any atom is -0.445 e. The lowest BCUT2D eigenvalue weighted by Gasteiger charge is -2.29. The third-order valence-electron chi connectivity index (χ3n) is 8.82. The Balaban J connectivity index is 1.07. The summed E-state index contributed by atoms with van der Waals surface area (Å²) in [5.74, 6) is 0.375. The molecule has 1 saturated heterocycles. The zero-order valence-electron chi connectivity index (χ0n) is 27.5. The number of ether oxygens (including phenoxy) is 1. The minimum absolute atomic E-state index is 0.139. The van der Waals surface area contributed by atoms with Crippen LogP contribution in [0.3, 0.4) is 0 Å². The van der Waals surface area contributed by atoms with E-state index >= 15 is 0 Å². The summed E-state index contributed by atoms with van der Waals surface area (Å²) in [5.41, 5.74) is 5.37. The van der Waals surface area contributed by atoms with Gasteiger partial charge in [-0.15, -0.1) is 0 Å². The number of aliphatic hydroxyl groups excluding tert-OH is 1. The summed E-state index contributed by atoms with van der Waals surface area (Å²) >= 11 is 1.24. The number of urea groups is 1. The van der Waals surface area contributed by atoms with Gasteiger partial charge in [0, 0.05) is 54.2 Å². The average Bonchev–Trinajstić information content (AvgIpc) is 3.70. The van der Waals surface area contributed by atoms with Crippen molar-refractivity contribution in [2.24, 2.45) is 0 Å². The maximum Gasteiger partial charge on any atom is 0.319 e. The first-order valence-electron chi connectivity index (χ1n) is 16.5. The molecule has 0 saturated carbocycles. The number of aromatic nitrogens is 2. The Kier molecular flexibility index (Phi) is 10.4. The van der Waals surface area contributed by atoms with Crippen LogP contribution in [0.5, 0.6) is 10.8 Å². The van der Waals surface area contributed by atoms with Gasteiger partial charge in [-0.05, 0) is 92.3 Å². The molecular formula is C37H42N6O4S. The summed E-state index contributed by atoms with van der Waals surface area (Å²) in [7, 11) is 0. The predicted octanol–water partition coefficient (Wildman–Crippen LogP) is 7.71. The molecule has 0 unspecified atom stereocenters. The second kappa shape index (κ2) is 15.0. The maximum absolute atomic E-state index is 13.1. The molecule has 5 aromatic rings. The molecule has 3 heterocycles. The van der Waals surface area contributed by atoms with Gasteiger partial charge in [0.05, 0.1) is 17.8 Å². The summed E-state index contributed by atoms with van der Waals surface area (Å²) < 4.78 is 8.22. The Bertz CT molecular complexity index is 1870. The van der Waals surface area contributed by atoms with Crippen LogP contribution in [-0.4, -0.2) is 56.7 Å². The normalized spacial score (nSPS) is 13.9. The molecule has 250 valence electrons. The molecule has 0 aliphatic carbocycles. The summed E-state index contributed by atoms with van der Waals surface area (Å²) in [4.78, 5) is 32.2. The first-order valence-corrected chi connectivity index (χ1v) is 17.3. The number of likely N-dealkylation sites (tertiary alicyclic amines) is 1. The Morgan fingerprint density at radius 1 is 1.02 bits per heavy atom. The number of benzene rings is 3. The molecule has 11 heteroatoms. The van der Waals surface area contributed by atoms with Crippen LogP contribution in [0.15, 0.2) is 79.1 Å². The number of hydrogen-bond acceptors (Lipinski definition) is 7. The number of aliphatic hydroxyl groups is 1. The quantitative estimate of drug-likeness (QED) is 0.115. The molecule has 0 bridgehead atoms. The van der Waals surface area contributed by atoms with Crippen molar-refractivity contribution < 1.29 is 19.4 Å². The Morgan fingerprint density at radius 2 is 1.77 bits per heavy atom. The van der Waals surface area contributed by atoms with Gasteiger partial charge in [-0.25, -0.2) is 9.78 Å². The minimum atomic E-state index is -0.258. The average molecular weight is 667 g/mol. The van der Waals surface area contributed by atoms with Crippen molar-refractivity contribution in [2.45, 2.75) is 65.1 Å². The molecule has 1 aliphatic rings. The lowest BCUT2D eigenvalue weighted by atomic mass is 10.1. The lowest BCUT2D eigenvalue weighted by molar-refractivity contribution is 0.0794. The molecular weight excluding hydrogens is 625 g/mol. The van der Waals surface area contributed by atoms with E-state index in [9.17, 15) is 14.7 Å². The first kappa shape index (κ1) is 33.2. The van der Waals surface area contributed by atoms with Gasteiger partial charge in [0.25, 0.3) is 5.91 Å². The van der Waals surface area contributed by atoms with Crippen molar-refractivity contribution in [3.63, 3.8) is 0 Å². The van der Waals surface area contributed by atoms with Crippen LogP contribution in [0.1, 0.15) is 61.0 Å². The number of nitrogens with zero attached hydrogens (tertiary/aromatic N) is 3. The number of anilines is 2. The van der Waals surface area contributed by atoms with Crippen LogP contribution in [0, 0.1) is 6.92 Å². The van der Waals surface area contributed by atoms with Crippen molar-refractivity contribution in [3.05, 3.63) is 95.8 Å². The highest BCUT2D eigenvalue weighted by Crippen LogP contribution is 2.33. The summed E-state index contributed by atoms with van der Waals surface area (Å²) in [5, 5.41) is 20.8. The third-order valence-corrected chi connectivity index (χ3v) is 9.61. The molecule has 48 heavy (non-hydrogen) atoms. The summed E-state index contributed by atoms with van der Waals surface area (Å²) in [6.07, 6.45) is 6.94. The van der Waals surface area contributed by atoms with Crippen molar-refractivity contribution in [3.8, 4) is 16.5 Å². The Hall–Kier alpha value is -4.71. The number of piperidine rings is 1. The van der Waals surface area contributed by atoms with E-state index in [0.29, 0.717) is 27.2 Å². The second-order valence-corrected chi connectivity index (χ2v) is 13.2. The number of fused-ring (bicyclic) bond motifs is 1. The smallest absolute Gasteiger partial charge is 0.319 e. The topological polar surface area (TPSA) is 121 Å². The number of hydrogen-bond donors (Lipinski definition) is 4. The fourth-order valence-corrected chi connectivity index (χ4v) is 6.69. The summed E-state index contributed by atoms with van der Waals surface area (Å²) in [6, 6.07) is 21.3. The van der Waals surface area contributed by atoms with Gasteiger partial charge in [0.15, 0.2) is 5.13 Å². The predicted molar refractivity (Wildman–Crippen MR) is 192 cm³/mol. The van der Waals surface area contributed by atoms with Crippen molar-refractivity contribution >= 4 is 45.0 Å². The second-order valence-electron chi connectivity index (χ2n) is 12.2. The summed E-state index contributed by atoms with van der Waals surface area (Å²) in [6.45, 7) is 8.62. The maximum atomic E-state index is 13.1. The highest BCUT2D eigenvalue weighted by Gasteiger charge is 2.20. The van der Waals surface area contributed by atoms with Gasteiger partial charge in [-0.3, -0.25) is 15.0 Å². The van der Waals surface area contributed by atoms with E-state index in [1.54, 1.807) is 18.3 Å². The van der Waals surface area contributed by atoms with Crippen LogP contribution in [0.25, 0.3) is 16.6 Å². The molecule has 4 N–H and O–H groups in total. The van der Waals surface area contributed by atoms with Crippen LogP contribution in [-0.2, 0) is 6.54 Å². The van der Waals surface area contributed by atoms with E-state index in [-0.39, 0.29) is 24.1 Å². The number of carbonyl (C=O) groups is 2. The standard InChI is InChI=1S/C37H42N6O4S/c1-4-27(5-2)39-36(46)40-28-12-15-33(24(3)20-28)47-34-21-38-37(48-34)41-35(45)25-10-13-29(14-11-25)43-23-26(31-8-6-7-9-32(31)43)22-42-18-16-30(44)17-19-42/h6-15,20-21,23,27,30,44H,4-5,16-19,22H2,1-3H3,(H,38,41,45)(H2,39,40,46). The largest absolute Gasteiger partial charge is 0.445 e. The third kappa shape index (κ3) is 7.87. The van der Waals surface area contributed by atoms with Gasteiger partial charge < -0.3 is 25.0 Å². The van der Waals surface area contributed by atoms with Gasteiger partial charge in [0.1, 0.15) is 5.75 Å². The Morgan fingerprint density at radius 3 is 2.50 bits per heavy atom. The number of rotatable bonds is 11. The number of carbonyl (C=O) groups excluding carboxylic acids is 2. The zero-order chi connectivity index (χ0) is 33.6. The van der Waals surface area contributed by atoms with Crippen LogP contribution < -0.4 is 20.7 Å². The van der Waals surface area contributed by atoms with Crippen LogP contribution in [0.2, 0.25) is 0 Å². The molecule has 1 aliphatic heterocycles. The number of para-hydroxylation sites is 1. The molecule has 2 aromatic heterocycles. The van der Waals surface area contributed by atoms with Crippen LogP contribution in [0.4, 0.5) is 15.6 Å². The monoisotopic (exact) mass is 666 g/mol. The molecule has 10 nitrogen and oxygen atoms in total. The number of amides is 3. The molecule has 6 rings (SSSR count). The zero-order valence-corrected chi connectivity index (χ0v) is 28.3. The highest BCUT2D eigenvalue weighted by molar-refractivity contribution is 7.17. The van der Waals surface area contributed by atoms with Crippen molar-refractivity contribution in [1.82, 2.24) is 19.8 Å². The van der Waals surface area contributed by atoms with Crippen LogP contribution >= 0.6 is 11.3 Å². The van der Waals surface area contributed by atoms with Crippen molar-refractivity contribution in [1.29, 1.82) is 0 Å². The molecule has 1 fully saturated rings.